The molecular formula is C11H11NO4S. The molecule has 1 heterocycles. The van der Waals surface area contributed by atoms with Gasteiger partial charge >= 0.3 is 6.09 Å². The molecule has 6 heteroatoms. The monoisotopic (exact) mass is 253 g/mol. The number of benzene rings is 1. The van der Waals surface area contributed by atoms with Crippen molar-refractivity contribution in [3.63, 3.8) is 0 Å². The molecule has 1 aromatic rings. The van der Waals surface area contributed by atoms with E-state index >= 15 is 0 Å². The van der Waals surface area contributed by atoms with Crippen molar-refractivity contribution in [2.75, 3.05) is 6.61 Å². The fourth-order valence-corrected chi connectivity index (χ4v) is 2.81. The molecule has 1 saturated heterocycles. The largest absolute Gasteiger partial charge is 0.442 e. The maximum absolute atomic E-state index is 12.1. The molecule has 1 amide bonds. The molecule has 1 aliphatic heterocycles. The van der Waals surface area contributed by atoms with Gasteiger partial charge in [0.05, 0.1) is 10.6 Å². The minimum Gasteiger partial charge on any atom is -0.442 e. The van der Waals surface area contributed by atoms with Crippen LogP contribution in [0.2, 0.25) is 0 Å². The molecule has 0 saturated carbocycles. The minimum atomic E-state index is -3.89. The Kier molecular flexibility index (Phi) is 2.66. The first-order valence-corrected chi connectivity index (χ1v) is 6.33. The predicted molar refractivity (Wildman–Crippen MR) is 60.7 cm³/mol. The van der Waals surface area contributed by atoms with Gasteiger partial charge in [-0.3, -0.25) is 0 Å². The van der Waals surface area contributed by atoms with E-state index in [4.69, 9.17) is 0 Å². The molecule has 1 fully saturated rings. The third kappa shape index (κ3) is 1.91. The first-order valence-electron chi connectivity index (χ1n) is 4.89. The number of aryl methyl sites for hydroxylation is 1. The zero-order valence-electron chi connectivity index (χ0n) is 9.21. The molecule has 0 N–H and O–H groups in total. The van der Waals surface area contributed by atoms with Crippen LogP contribution in [0.15, 0.2) is 41.4 Å². The van der Waals surface area contributed by atoms with E-state index in [9.17, 15) is 13.2 Å². The van der Waals surface area contributed by atoms with Crippen molar-refractivity contribution in [3.05, 3.63) is 42.1 Å². The van der Waals surface area contributed by atoms with E-state index in [-0.39, 0.29) is 17.2 Å². The number of hydrogen-bond acceptors (Lipinski definition) is 4. The summed E-state index contributed by atoms with van der Waals surface area (Å²) < 4.78 is 29.5. The number of nitrogens with zero attached hydrogens (tertiary/aromatic N) is 1. The van der Waals surface area contributed by atoms with Crippen LogP contribution in [-0.2, 0) is 14.8 Å². The second-order valence-corrected chi connectivity index (χ2v) is 5.49. The van der Waals surface area contributed by atoms with Gasteiger partial charge in [0.1, 0.15) is 6.61 Å². The van der Waals surface area contributed by atoms with Crippen molar-refractivity contribution >= 4 is 16.1 Å². The molecule has 90 valence electrons. The van der Waals surface area contributed by atoms with Crippen molar-refractivity contribution in [2.45, 2.75) is 11.8 Å². The van der Waals surface area contributed by atoms with Gasteiger partial charge in [0, 0.05) is 0 Å². The highest BCUT2D eigenvalue weighted by Gasteiger charge is 2.37. The Balaban J connectivity index is 2.46. The fraction of sp³-hybridized carbons (Fsp3) is 0.182. The topological polar surface area (TPSA) is 63.7 Å². The second kappa shape index (κ2) is 3.89. The number of sulfonamides is 1. The number of amides is 1. The van der Waals surface area contributed by atoms with E-state index in [0.717, 1.165) is 5.56 Å². The second-order valence-electron chi connectivity index (χ2n) is 3.70. The molecule has 0 atom stereocenters. The zero-order valence-corrected chi connectivity index (χ0v) is 10.0. The first kappa shape index (κ1) is 11.7. The molecule has 1 aromatic carbocycles. The SMILES string of the molecule is C=C1COC(=O)N1S(=O)(=O)c1ccc(C)cc1. The fourth-order valence-electron chi connectivity index (χ4n) is 1.48. The normalized spacial score (nSPS) is 16.2. The third-order valence-electron chi connectivity index (χ3n) is 2.37. The molecule has 1 aliphatic rings. The third-order valence-corrected chi connectivity index (χ3v) is 4.13. The number of carbonyl (C=O) groups excluding carboxylic acids is 1. The molecule has 0 radical (unpaired) electrons. The molecule has 17 heavy (non-hydrogen) atoms. The van der Waals surface area contributed by atoms with E-state index in [0.29, 0.717) is 4.31 Å². The Bertz CT molecular complexity index is 558. The Morgan fingerprint density at radius 3 is 2.35 bits per heavy atom. The molecular weight excluding hydrogens is 242 g/mol. The summed E-state index contributed by atoms with van der Waals surface area (Å²) in [6.45, 7) is 5.25. The van der Waals surface area contributed by atoms with E-state index in [1.165, 1.54) is 12.1 Å². The lowest BCUT2D eigenvalue weighted by Gasteiger charge is -2.14. The number of rotatable bonds is 2. The van der Waals surface area contributed by atoms with Crippen molar-refractivity contribution in [3.8, 4) is 0 Å². The maximum atomic E-state index is 12.1. The van der Waals surface area contributed by atoms with E-state index < -0.39 is 16.1 Å². The quantitative estimate of drug-likeness (QED) is 0.804. The van der Waals surface area contributed by atoms with Crippen molar-refractivity contribution in [1.29, 1.82) is 0 Å². The average molecular weight is 253 g/mol. The predicted octanol–water partition coefficient (Wildman–Crippen LogP) is 1.65. The van der Waals surface area contributed by atoms with Crippen LogP contribution in [0.5, 0.6) is 0 Å². The van der Waals surface area contributed by atoms with Gasteiger partial charge in [-0.25, -0.2) is 13.2 Å². The average Bonchev–Trinajstić information content (AvgIpc) is 2.59. The van der Waals surface area contributed by atoms with Gasteiger partial charge in [-0.1, -0.05) is 24.3 Å². The summed E-state index contributed by atoms with van der Waals surface area (Å²) in [6, 6.07) is 6.22. The standard InChI is InChI=1S/C11H11NO4S/c1-8-3-5-10(6-4-8)17(14,15)12-9(2)7-16-11(12)13/h3-6H,2,7H2,1H3. The Hall–Kier alpha value is -1.82. The van der Waals surface area contributed by atoms with E-state index in [1.807, 2.05) is 6.92 Å². The molecule has 0 aromatic heterocycles. The summed E-state index contributed by atoms with van der Waals surface area (Å²) in [5.74, 6) is 0. The summed E-state index contributed by atoms with van der Waals surface area (Å²) in [6.07, 6.45) is -0.907. The van der Waals surface area contributed by atoms with E-state index in [1.54, 1.807) is 12.1 Å². The van der Waals surface area contributed by atoms with Gasteiger partial charge in [0.25, 0.3) is 10.0 Å². The summed E-state index contributed by atoms with van der Waals surface area (Å²) >= 11 is 0. The highest BCUT2D eigenvalue weighted by molar-refractivity contribution is 7.89. The number of hydrogen-bond donors (Lipinski definition) is 0. The van der Waals surface area contributed by atoms with E-state index in [2.05, 4.69) is 11.3 Å². The lowest BCUT2D eigenvalue weighted by atomic mass is 10.2. The van der Waals surface area contributed by atoms with Crippen LogP contribution in [0, 0.1) is 6.92 Å². The van der Waals surface area contributed by atoms with Gasteiger partial charge in [-0.05, 0) is 19.1 Å². The van der Waals surface area contributed by atoms with Gasteiger partial charge in [-0.2, -0.15) is 4.31 Å². The number of cyclic esters (lactones) is 1. The summed E-state index contributed by atoms with van der Waals surface area (Å²) in [5, 5.41) is 0. The zero-order chi connectivity index (χ0) is 12.6. The molecule has 0 spiro atoms. The highest BCUT2D eigenvalue weighted by Crippen LogP contribution is 2.24. The Labute approximate surface area is 99.4 Å². The Morgan fingerprint density at radius 2 is 1.88 bits per heavy atom. The van der Waals surface area contributed by atoms with Crippen LogP contribution in [0.4, 0.5) is 4.79 Å². The first-order chi connectivity index (χ1) is 7.93. The molecule has 2 rings (SSSR count). The Morgan fingerprint density at radius 1 is 1.29 bits per heavy atom. The van der Waals surface area contributed by atoms with Crippen LogP contribution < -0.4 is 0 Å². The van der Waals surface area contributed by atoms with Crippen molar-refractivity contribution < 1.29 is 17.9 Å². The molecule has 5 nitrogen and oxygen atoms in total. The summed E-state index contributed by atoms with van der Waals surface area (Å²) in [5.41, 5.74) is 1.06. The van der Waals surface area contributed by atoms with Crippen LogP contribution >= 0.6 is 0 Å². The van der Waals surface area contributed by atoms with Crippen LogP contribution in [-0.4, -0.2) is 25.4 Å². The van der Waals surface area contributed by atoms with Gasteiger partial charge < -0.3 is 4.74 Å². The smallest absolute Gasteiger partial charge is 0.428 e. The van der Waals surface area contributed by atoms with Crippen LogP contribution in [0.1, 0.15) is 5.56 Å². The lowest BCUT2D eigenvalue weighted by molar-refractivity contribution is 0.170. The lowest BCUT2D eigenvalue weighted by Crippen LogP contribution is -2.30. The molecule has 0 unspecified atom stereocenters. The number of ether oxygens (including phenoxy) is 1. The summed E-state index contributed by atoms with van der Waals surface area (Å²) in [7, 11) is -3.89. The van der Waals surface area contributed by atoms with Gasteiger partial charge in [0.2, 0.25) is 0 Å². The minimum absolute atomic E-state index is 0.0445. The molecule has 0 bridgehead atoms. The maximum Gasteiger partial charge on any atom is 0.428 e. The van der Waals surface area contributed by atoms with Gasteiger partial charge in [-0.15, -0.1) is 0 Å². The van der Waals surface area contributed by atoms with Crippen LogP contribution in [0.3, 0.4) is 0 Å². The van der Waals surface area contributed by atoms with Crippen LogP contribution in [0.25, 0.3) is 0 Å². The highest BCUT2D eigenvalue weighted by atomic mass is 32.2. The summed E-state index contributed by atoms with van der Waals surface area (Å²) in [4.78, 5) is 11.4. The number of carbonyl (C=O) groups is 1. The van der Waals surface area contributed by atoms with Crippen molar-refractivity contribution in [1.82, 2.24) is 4.31 Å². The molecule has 0 aliphatic carbocycles. The van der Waals surface area contributed by atoms with Crippen molar-refractivity contribution in [2.24, 2.45) is 0 Å². The van der Waals surface area contributed by atoms with Gasteiger partial charge in [0.15, 0.2) is 0 Å².